The first-order valence-electron chi connectivity index (χ1n) is 29.4. The number of thioether (sulfide) groups is 1. The molecule has 7 heterocycles. The molecule has 5 atom stereocenters. The number of carbonyl (C=O) groups is 5. The normalized spacial score (nSPS) is 19.7. The van der Waals surface area contributed by atoms with Crippen molar-refractivity contribution in [2.75, 3.05) is 123 Å². The molecule has 0 saturated carbocycles. The van der Waals surface area contributed by atoms with E-state index in [0.717, 1.165) is 50.2 Å². The number of anilines is 2. The Morgan fingerprint density at radius 2 is 1.54 bits per heavy atom. The molecule has 5 aliphatic rings. The van der Waals surface area contributed by atoms with E-state index in [9.17, 15) is 38.0 Å². The third kappa shape index (κ3) is 15.6. The number of fused-ring (bicyclic) bond motifs is 8. The highest BCUT2D eigenvalue weighted by Crippen LogP contribution is 2.43. The minimum Gasteiger partial charge on any atom is -0.382 e. The number of ketones is 1. The second-order valence-electron chi connectivity index (χ2n) is 22.0. The molecule has 3 fully saturated rings. The molecule has 2 aromatic heterocycles. The number of nitrogens with two attached hydrogens (primary N) is 1. The highest BCUT2D eigenvalue weighted by atomic mass is 32.2. The van der Waals surface area contributed by atoms with Gasteiger partial charge < -0.3 is 60.2 Å². The zero-order valence-corrected chi connectivity index (χ0v) is 49.4. The number of nitriles is 1. The second-order valence-corrected chi connectivity index (χ2v) is 23.0. The number of aromatic nitrogens is 3. The lowest BCUT2D eigenvalue weighted by Crippen LogP contribution is -2.58. The average Bonchev–Trinajstić information content (AvgIpc) is 3.53. The van der Waals surface area contributed by atoms with Gasteiger partial charge in [-0.2, -0.15) is 10.4 Å². The van der Waals surface area contributed by atoms with Crippen molar-refractivity contribution in [3.8, 4) is 17.2 Å². The SMILES string of the molecule is CN[C@H](C)C(=O)N[C@@H](C(=O)N1CCC[C@@H]1C1=NC(C(=O)c2ccc(F)cc2)CS1)C1CCN(CCOCCOCCOCCOCCC(=O)NCCn2nc(C#N)c3c2CN(C)C(=O)c2ccc(F)cc2[C@H]2CCCN2c2cc-3cnc2N)CC1. The number of Topliss-reactive ketones (excluding diaryl/α,β-unsaturated/α-hetero) is 1. The van der Waals surface area contributed by atoms with Crippen molar-refractivity contribution < 1.29 is 51.7 Å². The number of halogens is 2. The molecule has 9 rings (SSSR count). The number of hydrogen-bond donors (Lipinski definition) is 4. The van der Waals surface area contributed by atoms with E-state index in [2.05, 4.69) is 41.9 Å². The zero-order valence-electron chi connectivity index (χ0n) is 48.6. The van der Waals surface area contributed by atoms with Crippen molar-refractivity contribution in [3.05, 3.63) is 94.4 Å². The average molecular weight is 1190 g/mol. The fourth-order valence-corrected chi connectivity index (χ4v) is 12.9. The fourth-order valence-electron chi connectivity index (χ4n) is 11.7. The third-order valence-electron chi connectivity index (χ3n) is 16.5. The van der Waals surface area contributed by atoms with Gasteiger partial charge in [0.25, 0.3) is 5.91 Å². The largest absolute Gasteiger partial charge is 0.382 e. The number of ether oxygens (including phenoxy) is 4. The van der Waals surface area contributed by atoms with Crippen LogP contribution in [-0.2, 0) is 46.4 Å². The van der Waals surface area contributed by atoms with E-state index in [1.807, 2.05) is 11.0 Å². The molecule has 4 aromatic rings. The van der Waals surface area contributed by atoms with Crippen LogP contribution < -0.4 is 26.6 Å². The summed E-state index contributed by atoms with van der Waals surface area (Å²) in [5, 5.41) is 24.6. The van der Waals surface area contributed by atoms with E-state index in [1.165, 1.54) is 59.1 Å². The zero-order chi connectivity index (χ0) is 60.0. The van der Waals surface area contributed by atoms with Crippen LogP contribution >= 0.6 is 11.8 Å². The highest BCUT2D eigenvalue weighted by molar-refractivity contribution is 8.14. The Hall–Kier alpha value is -6.92. The number of piperidine rings is 1. The van der Waals surface area contributed by atoms with Crippen LogP contribution in [0.25, 0.3) is 11.1 Å². The number of aliphatic imine (C=N–C) groups is 1. The Bertz CT molecular complexity index is 3080. The lowest BCUT2D eigenvalue weighted by atomic mass is 9.88. The standard InChI is InChI=1S/C60H77F2N13O9S/c1-38(65-2)57(78)69-54(60(80)74-19-5-7-49(74)58-68-47(37-85-58)55(77)40-8-10-42(61)11-9-40)39-14-20-72(21-15-39)23-25-82-27-29-84-31-30-83-28-26-81-24-16-52(76)66-17-22-75-51-36-71(3)59(79)44-13-12-43(62)33-45(44)48-6-4-18-73(48)50-32-41(35-67-56(50)64)53(51)46(34-63)70-75/h8-13,32-33,35,38-39,47-49,54,65H,4-7,14-31,36-37H2,1-3H3,(H2,64,67)(H,66,76)(H,69,78)/t38-,47?,48-,49-,54-/m1/s1. The maximum atomic E-state index is 14.8. The Balaban J connectivity index is 0.639. The number of benzene rings is 2. The molecule has 2 aromatic carbocycles. The summed E-state index contributed by atoms with van der Waals surface area (Å²) < 4.78 is 52.8. The van der Waals surface area contributed by atoms with Crippen molar-refractivity contribution in [1.29, 1.82) is 5.26 Å². The third-order valence-corrected chi connectivity index (χ3v) is 17.6. The number of carbonyl (C=O) groups excluding carboxylic acids is 5. The first-order valence-corrected chi connectivity index (χ1v) is 30.4. The van der Waals surface area contributed by atoms with Crippen LogP contribution in [0.3, 0.4) is 0 Å². The number of nitrogens with one attached hydrogen (secondary N) is 3. The Kier molecular flexibility index (Phi) is 22.0. The smallest absolute Gasteiger partial charge is 0.254 e. The Morgan fingerprint density at radius 1 is 0.859 bits per heavy atom. The lowest BCUT2D eigenvalue weighted by molar-refractivity contribution is -0.138. The molecule has 3 saturated heterocycles. The molecular formula is C60H77F2N13O9S. The molecular weight excluding hydrogens is 1120 g/mol. The molecule has 0 spiro atoms. The molecule has 4 amide bonds. The number of pyridine rings is 1. The fraction of sp³-hybridized carbons (Fsp3) is 0.550. The summed E-state index contributed by atoms with van der Waals surface area (Å²) in [5.41, 5.74) is 10.3. The minimum absolute atomic E-state index is 0.0639. The van der Waals surface area contributed by atoms with Gasteiger partial charge in [0.15, 0.2) is 11.5 Å². The number of nitrogen functional groups attached to an aromatic ring is 1. The summed E-state index contributed by atoms with van der Waals surface area (Å²) in [7, 11) is 3.37. The number of nitrogens with zero attached hydrogens (tertiary/aromatic N) is 9. The predicted molar refractivity (Wildman–Crippen MR) is 316 cm³/mol. The summed E-state index contributed by atoms with van der Waals surface area (Å²) in [4.78, 5) is 84.9. The number of hydrogen-bond acceptors (Lipinski definition) is 18. The molecule has 0 radical (unpaired) electrons. The molecule has 85 heavy (non-hydrogen) atoms. The van der Waals surface area contributed by atoms with Gasteiger partial charge in [0, 0.05) is 73.9 Å². The first-order chi connectivity index (χ1) is 41.2. The molecule has 1 unspecified atom stereocenters. The molecule has 2 bridgehead atoms. The van der Waals surface area contributed by atoms with Gasteiger partial charge in [0.2, 0.25) is 17.7 Å². The van der Waals surface area contributed by atoms with E-state index in [1.54, 1.807) is 31.9 Å². The first kappa shape index (κ1) is 62.6. The topological polar surface area (TPSA) is 264 Å². The summed E-state index contributed by atoms with van der Waals surface area (Å²) in [6, 6.07) is 11.4. The van der Waals surface area contributed by atoms with Crippen molar-refractivity contribution in [1.82, 2.24) is 45.4 Å². The molecule has 25 heteroatoms. The van der Waals surface area contributed by atoms with Crippen molar-refractivity contribution >= 4 is 57.7 Å². The molecule has 0 aliphatic carbocycles. The number of likely N-dealkylation sites (tertiary alicyclic amines) is 2. The molecule has 5 aliphatic heterocycles. The predicted octanol–water partition coefficient (Wildman–Crippen LogP) is 4.37. The van der Waals surface area contributed by atoms with E-state index in [4.69, 9.17) is 29.7 Å². The van der Waals surface area contributed by atoms with Crippen molar-refractivity contribution in [3.63, 3.8) is 0 Å². The maximum absolute atomic E-state index is 14.8. The lowest BCUT2D eigenvalue weighted by Gasteiger charge is -2.38. The van der Waals surface area contributed by atoms with Gasteiger partial charge in [-0.15, -0.1) is 11.8 Å². The highest BCUT2D eigenvalue weighted by Gasteiger charge is 2.43. The Labute approximate surface area is 498 Å². The van der Waals surface area contributed by atoms with Crippen LogP contribution in [0.4, 0.5) is 20.3 Å². The van der Waals surface area contributed by atoms with Gasteiger partial charge in [-0.05, 0) is 126 Å². The van der Waals surface area contributed by atoms with Gasteiger partial charge in [-0.3, -0.25) is 33.6 Å². The van der Waals surface area contributed by atoms with Gasteiger partial charge in [0.05, 0.1) is 100 Å². The van der Waals surface area contributed by atoms with Gasteiger partial charge >= 0.3 is 0 Å². The quantitative estimate of drug-likeness (QED) is 0.0502. The van der Waals surface area contributed by atoms with E-state index >= 15 is 0 Å². The van der Waals surface area contributed by atoms with Crippen LogP contribution in [0.1, 0.15) is 95.6 Å². The Morgan fingerprint density at radius 3 is 2.26 bits per heavy atom. The van der Waals surface area contributed by atoms with Crippen LogP contribution in [0.15, 0.2) is 59.7 Å². The minimum atomic E-state index is -0.703. The summed E-state index contributed by atoms with van der Waals surface area (Å²) in [6.45, 7) is 8.44. The van der Waals surface area contributed by atoms with Crippen LogP contribution in [-0.4, -0.2) is 200 Å². The van der Waals surface area contributed by atoms with Crippen LogP contribution in [0.5, 0.6) is 0 Å². The summed E-state index contributed by atoms with van der Waals surface area (Å²) in [5.74, 6) is -1.26. The van der Waals surface area contributed by atoms with Gasteiger partial charge in [0.1, 0.15) is 35.6 Å². The second kappa shape index (κ2) is 29.9. The van der Waals surface area contributed by atoms with Gasteiger partial charge in [-0.25, -0.2) is 13.8 Å². The van der Waals surface area contributed by atoms with E-state index in [0.29, 0.717) is 111 Å². The van der Waals surface area contributed by atoms with Gasteiger partial charge in [-0.1, -0.05) is 0 Å². The van der Waals surface area contributed by atoms with Crippen molar-refractivity contribution in [2.24, 2.45) is 10.9 Å². The monoisotopic (exact) mass is 1190 g/mol. The molecule has 5 N–H and O–H groups in total. The maximum Gasteiger partial charge on any atom is 0.254 e. The van der Waals surface area contributed by atoms with E-state index < -0.39 is 29.8 Å². The number of likely N-dealkylation sites (N-methyl/N-ethyl adjacent to an activating group) is 1. The van der Waals surface area contributed by atoms with E-state index in [-0.39, 0.29) is 98.2 Å². The summed E-state index contributed by atoms with van der Waals surface area (Å²) >= 11 is 1.49. The number of rotatable bonds is 26. The van der Waals surface area contributed by atoms with Crippen LogP contribution in [0, 0.1) is 28.9 Å². The van der Waals surface area contributed by atoms with Crippen molar-refractivity contribution in [2.45, 2.75) is 95.2 Å². The van der Waals surface area contributed by atoms with Crippen LogP contribution in [0.2, 0.25) is 0 Å². The number of amides is 4. The molecule has 22 nitrogen and oxygen atoms in total. The molecule has 456 valence electrons. The summed E-state index contributed by atoms with van der Waals surface area (Å²) in [6.07, 6.45) is 6.14.